The summed E-state index contributed by atoms with van der Waals surface area (Å²) < 4.78 is 0. The van der Waals surface area contributed by atoms with Crippen LogP contribution in [-0.2, 0) is 0 Å². The van der Waals surface area contributed by atoms with Crippen LogP contribution in [0.3, 0.4) is 0 Å². The number of aliphatic hydroxyl groups is 3. The summed E-state index contributed by atoms with van der Waals surface area (Å²) in [4.78, 5) is 0. The molecule has 3 rings (SSSR count). The van der Waals surface area contributed by atoms with E-state index in [2.05, 4.69) is 27.4 Å². The fourth-order valence-corrected chi connectivity index (χ4v) is 6.02. The maximum absolute atomic E-state index is 10.9. The van der Waals surface area contributed by atoms with Crippen LogP contribution in [-0.4, -0.2) is 33.6 Å². The minimum absolute atomic E-state index is 0.0143. The lowest BCUT2D eigenvalue weighted by molar-refractivity contribution is -0.172. The van der Waals surface area contributed by atoms with Gasteiger partial charge < -0.3 is 15.3 Å². The molecule has 0 bridgehead atoms. The normalized spacial score (nSPS) is 52.1. The molecule has 3 nitrogen and oxygen atoms in total. The van der Waals surface area contributed by atoms with Gasteiger partial charge in [0.25, 0.3) is 0 Å². The zero-order chi connectivity index (χ0) is 17.2. The van der Waals surface area contributed by atoms with Crippen molar-refractivity contribution in [1.82, 2.24) is 0 Å². The summed E-state index contributed by atoms with van der Waals surface area (Å²) in [6.07, 6.45) is 5.56. The van der Waals surface area contributed by atoms with Crippen LogP contribution in [0.15, 0.2) is 24.3 Å². The SMILES string of the molecule is C=C[C@@]1(C)CC[C@H]2C(=C[C@H](O)[C@H]3C(C)(C)CC[C@@H](O)[C@]23C)[C@H]1O. The Morgan fingerprint density at radius 1 is 1.09 bits per heavy atom. The van der Waals surface area contributed by atoms with Gasteiger partial charge in [0.2, 0.25) is 0 Å². The van der Waals surface area contributed by atoms with Crippen molar-refractivity contribution in [3.8, 4) is 0 Å². The lowest BCUT2D eigenvalue weighted by atomic mass is 9.44. The van der Waals surface area contributed by atoms with Crippen LogP contribution in [0.2, 0.25) is 0 Å². The maximum atomic E-state index is 10.9. The lowest BCUT2D eigenvalue weighted by Crippen LogP contribution is -2.62. The Bertz CT molecular complexity index is 537. The molecule has 0 heterocycles. The van der Waals surface area contributed by atoms with Gasteiger partial charge in [0.05, 0.1) is 18.3 Å². The molecule has 0 aromatic heterocycles. The molecule has 0 unspecified atom stereocenters. The van der Waals surface area contributed by atoms with Gasteiger partial charge >= 0.3 is 0 Å². The van der Waals surface area contributed by atoms with Crippen molar-refractivity contribution in [3.05, 3.63) is 24.3 Å². The highest BCUT2D eigenvalue weighted by Crippen LogP contribution is 2.63. The molecule has 3 N–H and O–H groups in total. The Morgan fingerprint density at radius 2 is 1.74 bits per heavy atom. The van der Waals surface area contributed by atoms with Gasteiger partial charge in [-0.05, 0) is 42.6 Å². The highest BCUT2D eigenvalue weighted by Gasteiger charge is 2.62. The number of fused-ring (bicyclic) bond motifs is 3. The first-order valence-corrected chi connectivity index (χ1v) is 8.97. The van der Waals surface area contributed by atoms with Crippen LogP contribution < -0.4 is 0 Å². The highest BCUT2D eigenvalue weighted by atomic mass is 16.3. The molecule has 0 amide bonds. The van der Waals surface area contributed by atoms with Crippen molar-refractivity contribution in [2.24, 2.45) is 28.1 Å². The largest absolute Gasteiger partial charge is 0.393 e. The fourth-order valence-electron chi connectivity index (χ4n) is 6.02. The van der Waals surface area contributed by atoms with Gasteiger partial charge in [-0.2, -0.15) is 0 Å². The van der Waals surface area contributed by atoms with E-state index in [0.717, 1.165) is 31.3 Å². The van der Waals surface area contributed by atoms with E-state index >= 15 is 0 Å². The molecule has 3 aliphatic carbocycles. The minimum atomic E-state index is -0.622. The average molecular weight is 320 g/mol. The first-order chi connectivity index (χ1) is 10.6. The molecule has 3 aliphatic rings. The van der Waals surface area contributed by atoms with E-state index in [0.29, 0.717) is 0 Å². The molecule has 0 aromatic carbocycles. The van der Waals surface area contributed by atoms with Crippen LogP contribution in [0.25, 0.3) is 0 Å². The Labute approximate surface area is 140 Å². The zero-order valence-electron chi connectivity index (χ0n) is 14.9. The van der Waals surface area contributed by atoms with E-state index in [9.17, 15) is 15.3 Å². The summed E-state index contributed by atoms with van der Waals surface area (Å²) in [7, 11) is 0. The standard InChI is InChI=1S/C20H32O3/c1-6-19(4)10-7-13-12(17(19)23)11-14(21)16-18(2,3)9-8-15(22)20(13,16)5/h6,11,13-17,21-23H,1,7-10H2,2-5H3/t13-,14-,15+,16-,17+,19-,20-/m0/s1. The first-order valence-electron chi connectivity index (χ1n) is 8.97. The second-order valence-corrected chi connectivity index (χ2v) is 9.25. The molecule has 3 heteroatoms. The number of rotatable bonds is 1. The van der Waals surface area contributed by atoms with E-state index in [-0.39, 0.29) is 28.1 Å². The predicted molar refractivity (Wildman–Crippen MR) is 91.7 cm³/mol. The van der Waals surface area contributed by atoms with Gasteiger partial charge in [-0.3, -0.25) is 0 Å². The predicted octanol–water partition coefficient (Wildman–Crippen LogP) is 3.05. The van der Waals surface area contributed by atoms with E-state index in [1.165, 1.54) is 0 Å². The van der Waals surface area contributed by atoms with Gasteiger partial charge in [0, 0.05) is 16.7 Å². The molecule has 0 radical (unpaired) electrons. The minimum Gasteiger partial charge on any atom is -0.393 e. The van der Waals surface area contributed by atoms with Crippen LogP contribution in [0.1, 0.15) is 53.4 Å². The van der Waals surface area contributed by atoms with E-state index in [1.807, 2.05) is 19.1 Å². The summed E-state index contributed by atoms with van der Waals surface area (Å²) in [5.74, 6) is 0.154. The monoisotopic (exact) mass is 320 g/mol. The summed E-state index contributed by atoms with van der Waals surface area (Å²) in [6, 6.07) is 0. The van der Waals surface area contributed by atoms with E-state index < -0.39 is 18.3 Å². The fraction of sp³-hybridized carbons (Fsp3) is 0.800. The van der Waals surface area contributed by atoms with Crippen molar-refractivity contribution < 1.29 is 15.3 Å². The van der Waals surface area contributed by atoms with Crippen LogP contribution >= 0.6 is 0 Å². The molecule has 23 heavy (non-hydrogen) atoms. The molecule has 0 aliphatic heterocycles. The van der Waals surface area contributed by atoms with Gasteiger partial charge in [-0.1, -0.05) is 39.8 Å². The topological polar surface area (TPSA) is 60.7 Å². The number of hydrogen-bond donors (Lipinski definition) is 3. The third-order valence-electron chi connectivity index (χ3n) is 7.53. The number of hydrogen-bond acceptors (Lipinski definition) is 3. The Morgan fingerprint density at radius 3 is 2.35 bits per heavy atom. The van der Waals surface area contributed by atoms with Gasteiger partial charge in [-0.15, -0.1) is 6.58 Å². The van der Waals surface area contributed by atoms with Crippen molar-refractivity contribution in [2.75, 3.05) is 0 Å². The second kappa shape index (κ2) is 5.18. The number of aliphatic hydroxyl groups excluding tert-OH is 3. The lowest BCUT2D eigenvalue weighted by Gasteiger charge is -2.62. The summed E-state index contributed by atoms with van der Waals surface area (Å²) >= 11 is 0. The molecule has 2 saturated carbocycles. The summed E-state index contributed by atoms with van der Waals surface area (Å²) in [5, 5.41) is 32.7. The van der Waals surface area contributed by atoms with Crippen molar-refractivity contribution in [2.45, 2.75) is 71.7 Å². The van der Waals surface area contributed by atoms with Crippen LogP contribution in [0.4, 0.5) is 0 Å². The highest BCUT2D eigenvalue weighted by molar-refractivity contribution is 5.32. The molecule has 0 spiro atoms. The zero-order valence-corrected chi connectivity index (χ0v) is 14.9. The summed E-state index contributed by atoms with van der Waals surface area (Å²) in [5.41, 5.74) is 0.177. The van der Waals surface area contributed by atoms with Crippen molar-refractivity contribution >= 4 is 0 Å². The van der Waals surface area contributed by atoms with E-state index in [1.54, 1.807) is 0 Å². The molecular formula is C20H32O3. The molecule has 0 saturated heterocycles. The van der Waals surface area contributed by atoms with E-state index in [4.69, 9.17) is 0 Å². The molecular weight excluding hydrogens is 288 g/mol. The molecule has 130 valence electrons. The first kappa shape index (κ1) is 17.2. The Hall–Kier alpha value is -0.640. The van der Waals surface area contributed by atoms with Gasteiger partial charge in [0.1, 0.15) is 0 Å². The summed E-state index contributed by atoms with van der Waals surface area (Å²) in [6.45, 7) is 12.5. The molecule has 0 aromatic rings. The smallest absolute Gasteiger partial charge is 0.0841 e. The quantitative estimate of drug-likeness (QED) is 0.651. The average Bonchev–Trinajstić information content (AvgIpc) is 2.47. The maximum Gasteiger partial charge on any atom is 0.0841 e. The third kappa shape index (κ3) is 2.20. The van der Waals surface area contributed by atoms with Gasteiger partial charge in [0.15, 0.2) is 0 Å². The molecule has 7 atom stereocenters. The van der Waals surface area contributed by atoms with Gasteiger partial charge in [-0.25, -0.2) is 0 Å². The second-order valence-electron chi connectivity index (χ2n) is 9.25. The van der Waals surface area contributed by atoms with Crippen LogP contribution in [0, 0.1) is 28.1 Å². The van der Waals surface area contributed by atoms with Crippen molar-refractivity contribution in [1.29, 1.82) is 0 Å². The van der Waals surface area contributed by atoms with Crippen molar-refractivity contribution in [3.63, 3.8) is 0 Å². The third-order valence-corrected chi connectivity index (χ3v) is 7.53. The Kier molecular flexibility index (Phi) is 3.87. The Balaban J connectivity index is 2.11. The molecule has 2 fully saturated rings. The van der Waals surface area contributed by atoms with Crippen LogP contribution in [0.5, 0.6) is 0 Å².